The number of carbonyl (C=O) groups is 2. The molecular weight excluding hydrogens is 417 g/mol. The van der Waals surface area contributed by atoms with Crippen molar-refractivity contribution < 1.29 is 14.0 Å². The van der Waals surface area contributed by atoms with Gasteiger partial charge in [0.25, 0.3) is 5.91 Å². The van der Waals surface area contributed by atoms with Crippen molar-refractivity contribution in [3.63, 3.8) is 0 Å². The molecular formula is C27H28FN3O2. The summed E-state index contributed by atoms with van der Waals surface area (Å²) in [4.78, 5) is 32.2. The first-order valence-corrected chi connectivity index (χ1v) is 11.3. The molecule has 33 heavy (non-hydrogen) atoms. The zero-order chi connectivity index (χ0) is 23.2. The second-order valence-corrected chi connectivity index (χ2v) is 8.48. The Labute approximate surface area is 193 Å². The summed E-state index contributed by atoms with van der Waals surface area (Å²) in [6.07, 6.45) is 1.91. The second-order valence-electron chi connectivity index (χ2n) is 8.48. The fraction of sp³-hybridized carbons (Fsp3) is 0.296. The van der Waals surface area contributed by atoms with Crippen LogP contribution in [0.1, 0.15) is 51.6 Å². The molecule has 1 aliphatic rings. The maximum Gasteiger partial charge on any atom is 0.253 e. The van der Waals surface area contributed by atoms with Gasteiger partial charge in [0.05, 0.1) is 17.7 Å². The molecule has 1 aromatic heterocycles. The minimum atomic E-state index is -0.340. The van der Waals surface area contributed by atoms with Gasteiger partial charge in [-0.25, -0.2) is 4.39 Å². The second kappa shape index (κ2) is 10.4. The van der Waals surface area contributed by atoms with Gasteiger partial charge >= 0.3 is 0 Å². The van der Waals surface area contributed by atoms with E-state index in [0.29, 0.717) is 30.6 Å². The highest BCUT2D eigenvalue weighted by molar-refractivity contribution is 5.95. The molecule has 2 amide bonds. The molecule has 0 saturated carbocycles. The highest BCUT2D eigenvalue weighted by Gasteiger charge is 2.28. The minimum absolute atomic E-state index is 0.0971. The van der Waals surface area contributed by atoms with Gasteiger partial charge in [0, 0.05) is 36.8 Å². The Bertz CT molecular complexity index is 1130. The molecule has 2 heterocycles. The van der Waals surface area contributed by atoms with Crippen LogP contribution in [0.25, 0.3) is 0 Å². The van der Waals surface area contributed by atoms with Gasteiger partial charge in [0.1, 0.15) is 5.82 Å². The van der Waals surface area contributed by atoms with Crippen molar-refractivity contribution in [2.45, 2.75) is 38.6 Å². The van der Waals surface area contributed by atoms with E-state index in [2.05, 4.69) is 10.3 Å². The molecule has 1 saturated heterocycles. The highest BCUT2D eigenvalue weighted by atomic mass is 19.1. The van der Waals surface area contributed by atoms with Crippen LogP contribution in [0, 0.1) is 12.7 Å². The smallest absolute Gasteiger partial charge is 0.253 e. The summed E-state index contributed by atoms with van der Waals surface area (Å²) in [6, 6.07) is 19.8. The van der Waals surface area contributed by atoms with Gasteiger partial charge < -0.3 is 10.2 Å². The van der Waals surface area contributed by atoms with Crippen LogP contribution in [-0.4, -0.2) is 34.8 Å². The summed E-state index contributed by atoms with van der Waals surface area (Å²) >= 11 is 0. The monoisotopic (exact) mass is 445 g/mol. The van der Waals surface area contributed by atoms with Crippen molar-refractivity contribution in [3.05, 3.63) is 101 Å². The van der Waals surface area contributed by atoms with Crippen LogP contribution in [0.4, 0.5) is 4.39 Å². The van der Waals surface area contributed by atoms with E-state index in [1.165, 1.54) is 6.07 Å². The first kappa shape index (κ1) is 22.6. The standard InChI is InChI=1S/C27H28FN3O2/c1-19-11-12-23(27(33)29-18-22-9-5-6-10-24(22)28)26(30-19)21-13-15-31(16-14-21)25(32)17-20-7-3-2-4-8-20/h2-12,21H,13-18H2,1H3,(H,29,33). The predicted octanol–water partition coefficient (Wildman–Crippen LogP) is 4.41. The summed E-state index contributed by atoms with van der Waals surface area (Å²) in [5.41, 5.74) is 3.58. The van der Waals surface area contributed by atoms with E-state index in [1.54, 1.807) is 24.3 Å². The molecule has 170 valence electrons. The number of rotatable bonds is 6. The Hall–Kier alpha value is -3.54. The van der Waals surface area contributed by atoms with E-state index in [0.717, 1.165) is 29.8 Å². The molecule has 4 rings (SSSR count). The fourth-order valence-corrected chi connectivity index (χ4v) is 4.28. The maximum atomic E-state index is 13.9. The molecule has 3 aromatic rings. The number of hydrogen-bond donors (Lipinski definition) is 1. The van der Waals surface area contributed by atoms with Crippen LogP contribution < -0.4 is 5.32 Å². The highest BCUT2D eigenvalue weighted by Crippen LogP contribution is 2.30. The minimum Gasteiger partial charge on any atom is -0.348 e. The number of nitrogens with zero attached hydrogens (tertiary/aromatic N) is 2. The number of pyridine rings is 1. The van der Waals surface area contributed by atoms with Crippen LogP contribution in [0.15, 0.2) is 66.7 Å². The molecule has 0 bridgehead atoms. The van der Waals surface area contributed by atoms with Crippen molar-refractivity contribution in [2.75, 3.05) is 13.1 Å². The average Bonchev–Trinajstić information content (AvgIpc) is 2.84. The van der Waals surface area contributed by atoms with Crippen molar-refractivity contribution in [1.29, 1.82) is 0 Å². The number of hydrogen-bond acceptors (Lipinski definition) is 3. The third kappa shape index (κ3) is 5.64. The van der Waals surface area contributed by atoms with Crippen molar-refractivity contribution in [3.8, 4) is 0 Å². The topological polar surface area (TPSA) is 62.3 Å². The van der Waals surface area contributed by atoms with Crippen LogP contribution in [-0.2, 0) is 17.8 Å². The zero-order valence-corrected chi connectivity index (χ0v) is 18.8. The summed E-state index contributed by atoms with van der Waals surface area (Å²) in [6.45, 7) is 3.30. The molecule has 0 unspecified atom stereocenters. The first-order chi connectivity index (χ1) is 16.0. The molecule has 5 nitrogen and oxygen atoms in total. The molecule has 0 radical (unpaired) electrons. The van der Waals surface area contributed by atoms with E-state index >= 15 is 0 Å². The lowest BCUT2D eigenvalue weighted by atomic mass is 9.89. The van der Waals surface area contributed by atoms with E-state index in [-0.39, 0.29) is 30.1 Å². The van der Waals surface area contributed by atoms with Gasteiger partial charge in [-0.05, 0) is 43.5 Å². The zero-order valence-electron chi connectivity index (χ0n) is 18.8. The molecule has 0 atom stereocenters. The number of aromatic nitrogens is 1. The van der Waals surface area contributed by atoms with Gasteiger partial charge in [-0.1, -0.05) is 48.5 Å². The average molecular weight is 446 g/mol. The van der Waals surface area contributed by atoms with Gasteiger partial charge in [0.2, 0.25) is 5.91 Å². The summed E-state index contributed by atoms with van der Waals surface area (Å²) < 4.78 is 13.9. The van der Waals surface area contributed by atoms with Crippen LogP contribution in [0.5, 0.6) is 0 Å². The van der Waals surface area contributed by atoms with Crippen LogP contribution in [0.2, 0.25) is 0 Å². The molecule has 6 heteroatoms. The van der Waals surface area contributed by atoms with E-state index in [1.807, 2.05) is 48.2 Å². The molecule has 1 fully saturated rings. The molecule has 1 N–H and O–H groups in total. The van der Waals surface area contributed by atoms with Gasteiger partial charge in [-0.3, -0.25) is 14.6 Å². The fourth-order valence-electron chi connectivity index (χ4n) is 4.28. The predicted molar refractivity (Wildman–Crippen MR) is 125 cm³/mol. The normalized spacial score (nSPS) is 14.2. The maximum absolute atomic E-state index is 13.9. The van der Waals surface area contributed by atoms with Gasteiger partial charge in [-0.2, -0.15) is 0 Å². The summed E-state index contributed by atoms with van der Waals surface area (Å²) in [7, 11) is 0. The number of carbonyl (C=O) groups excluding carboxylic acids is 2. The molecule has 0 spiro atoms. The third-order valence-corrected chi connectivity index (χ3v) is 6.14. The number of nitrogens with one attached hydrogen (secondary N) is 1. The molecule has 1 aliphatic heterocycles. The largest absolute Gasteiger partial charge is 0.348 e. The number of likely N-dealkylation sites (tertiary alicyclic amines) is 1. The van der Waals surface area contributed by atoms with Crippen LogP contribution >= 0.6 is 0 Å². The van der Waals surface area contributed by atoms with Gasteiger partial charge in [-0.15, -0.1) is 0 Å². The number of aryl methyl sites for hydroxylation is 1. The molecule has 2 aromatic carbocycles. The number of halogens is 1. The van der Waals surface area contributed by atoms with E-state index in [4.69, 9.17) is 0 Å². The lowest BCUT2D eigenvalue weighted by molar-refractivity contribution is -0.131. The molecule has 0 aliphatic carbocycles. The number of amides is 2. The Balaban J connectivity index is 1.41. The van der Waals surface area contributed by atoms with Crippen molar-refractivity contribution >= 4 is 11.8 Å². The summed E-state index contributed by atoms with van der Waals surface area (Å²) in [5.74, 6) is -0.379. The SMILES string of the molecule is Cc1ccc(C(=O)NCc2ccccc2F)c(C2CCN(C(=O)Cc3ccccc3)CC2)n1. The number of piperidine rings is 1. The van der Waals surface area contributed by atoms with E-state index in [9.17, 15) is 14.0 Å². The van der Waals surface area contributed by atoms with E-state index < -0.39 is 0 Å². The Morgan fingerprint density at radius 2 is 1.70 bits per heavy atom. The third-order valence-electron chi connectivity index (χ3n) is 6.14. The van der Waals surface area contributed by atoms with Gasteiger partial charge in [0.15, 0.2) is 0 Å². The Morgan fingerprint density at radius 1 is 1.00 bits per heavy atom. The first-order valence-electron chi connectivity index (χ1n) is 11.3. The Kier molecular flexibility index (Phi) is 7.13. The van der Waals surface area contributed by atoms with Crippen molar-refractivity contribution in [2.24, 2.45) is 0 Å². The summed E-state index contributed by atoms with van der Waals surface area (Å²) in [5, 5.41) is 2.83. The quantitative estimate of drug-likeness (QED) is 0.612. The lowest BCUT2D eigenvalue weighted by Crippen LogP contribution is -2.39. The van der Waals surface area contributed by atoms with Crippen molar-refractivity contribution in [1.82, 2.24) is 15.2 Å². The number of benzene rings is 2. The Morgan fingerprint density at radius 3 is 2.42 bits per heavy atom. The lowest BCUT2D eigenvalue weighted by Gasteiger charge is -2.32. The van der Waals surface area contributed by atoms with Crippen LogP contribution in [0.3, 0.4) is 0 Å².